The summed E-state index contributed by atoms with van der Waals surface area (Å²) in [5, 5.41) is 2.67. The Balaban J connectivity index is 2.41. The van der Waals surface area contributed by atoms with Gasteiger partial charge in [-0.1, -0.05) is 12.2 Å². The van der Waals surface area contributed by atoms with Crippen LogP contribution in [0, 0.1) is 0 Å². The Hall–Kier alpha value is -1.69. The molecule has 0 aliphatic rings. The van der Waals surface area contributed by atoms with Crippen molar-refractivity contribution < 1.29 is 4.79 Å². The Labute approximate surface area is 98.0 Å². The second kappa shape index (κ2) is 6.02. The number of nitrogens with two attached hydrogens (primary N) is 1. The molecule has 0 aliphatic heterocycles. The van der Waals surface area contributed by atoms with E-state index in [1.54, 1.807) is 6.07 Å². The highest BCUT2D eigenvalue weighted by Crippen LogP contribution is 1.93. The first-order chi connectivity index (χ1) is 7.59. The zero-order valence-corrected chi connectivity index (χ0v) is 9.47. The van der Waals surface area contributed by atoms with Crippen molar-refractivity contribution in [2.45, 2.75) is 12.8 Å². The van der Waals surface area contributed by atoms with Crippen LogP contribution in [0.4, 0.5) is 0 Å². The molecule has 0 aliphatic carbocycles. The maximum absolute atomic E-state index is 11.5. The van der Waals surface area contributed by atoms with Gasteiger partial charge in [0.1, 0.15) is 0 Å². The molecule has 0 atom stereocenters. The van der Waals surface area contributed by atoms with Crippen molar-refractivity contribution in [3.05, 3.63) is 34.2 Å². The van der Waals surface area contributed by atoms with Crippen LogP contribution >= 0.6 is 12.2 Å². The lowest BCUT2D eigenvalue weighted by atomic mass is 10.2. The van der Waals surface area contributed by atoms with Crippen LogP contribution in [0.3, 0.4) is 0 Å². The number of thiocarbonyl (C=S) groups is 1. The SMILES string of the molecule is NC(=S)CCCNC(=O)c1cc[nH]c(=O)c1. The summed E-state index contributed by atoms with van der Waals surface area (Å²) in [4.78, 5) is 25.3. The standard InChI is InChI=1S/C10H13N3O2S/c11-8(16)2-1-4-13-10(15)7-3-5-12-9(14)6-7/h3,5-6H,1-2,4H2,(H2,11,16)(H,12,14)(H,13,15). The lowest BCUT2D eigenvalue weighted by Crippen LogP contribution is -2.26. The number of carbonyl (C=O) groups is 1. The van der Waals surface area contributed by atoms with E-state index in [0.29, 0.717) is 29.9 Å². The van der Waals surface area contributed by atoms with Crippen molar-refractivity contribution in [2.75, 3.05) is 6.54 Å². The maximum atomic E-state index is 11.5. The van der Waals surface area contributed by atoms with E-state index < -0.39 is 0 Å². The molecule has 4 N–H and O–H groups in total. The molecule has 0 bridgehead atoms. The molecule has 1 rings (SSSR count). The van der Waals surface area contributed by atoms with Gasteiger partial charge in [-0.25, -0.2) is 0 Å². The third kappa shape index (κ3) is 4.22. The van der Waals surface area contributed by atoms with Gasteiger partial charge in [0.2, 0.25) is 5.56 Å². The van der Waals surface area contributed by atoms with Gasteiger partial charge in [-0.15, -0.1) is 0 Å². The van der Waals surface area contributed by atoms with E-state index in [1.807, 2.05) is 0 Å². The molecule has 1 aromatic heterocycles. The lowest BCUT2D eigenvalue weighted by Gasteiger charge is -2.03. The van der Waals surface area contributed by atoms with Crippen LogP contribution in [-0.4, -0.2) is 22.4 Å². The topological polar surface area (TPSA) is 88.0 Å². The number of rotatable bonds is 5. The molecule has 0 radical (unpaired) electrons. The van der Waals surface area contributed by atoms with Crippen LogP contribution in [0.5, 0.6) is 0 Å². The number of nitrogens with one attached hydrogen (secondary N) is 2. The van der Waals surface area contributed by atoms with Crippen molar-refractivity contribution in [1.29, 1.82) is 0 Å². The molecule has 0 saturated carbocycles. The maximum Gasteiger partial charge on any atom is 0.251 e. The van der Waals surface area contributed by atoms with Gasteiger partial charge >= 0.3 is 0 Å². The third-order valence-corrected chi connectivity index (χ3v) is 2.13. The number of hydrogen-bond donors (Lipinski definition) is 3. The van der Waals surface area contributed by atoms with Gasteiger partial charge in [-0.05, 0) is 18.9 Å². The average Bonchev–Trinajstić information content (AvgIpc) is 2.24. The summed E-state index contributed by atoms with van der Waals surface area (Å²) in [5.41, 5.74) is 5.36. The van der Waals surface area contributed by atoms with E-state index in [9.17, 15) is 9.59 Å². The highest BCUT2D eigenvalue weighted by Gasteiger charge is 2.04. The van der Waals surface area contributed by atoms with E-state index in [1.165, 1.54) is 12.3 Å². The van der Waals surface area contributed by atoms with Crippen molar-refractivity contribution in [2.24, 2.45) is 5.73 Å². The van der Waals surface area contributed by atoms with Crippen LogP contribution in [0.2, 0.25) is 0 Å². The van der Waals surface area contributed by atoms with Crippen molar-refractivity contribution in [1.82, 2.24) is 10.3 Å². The molecule has 1 aromatic rings. The molecule has 0 unspecified atom stereocenters. The third-order valence-electron chi connectivity index (χ3n) is 1.92. The highest BCUT2D eigenvalue weighted by molar-refractivity contribution is 7.80. The number of H-pyrrole nitrogens is 1. The Kier molecular flexibility index (Phi) is 4.65. The molecule has 86 valence electrons. The van der Waals surface area contributed by atoms with E-state index >= 15 is 0 Å². The smallest absolute Gasteiger partial charge is 0.251 e. The first kappa shape index (κ1) is 12.4. The summed E-state index contributed by atoms with van der Waals surface area (Å²) in [6, 6.07) is 2.80. The summed E-state index contributed by atoms with van der Waals surface area (Å²) in [6.45, 7) is 0.489. The van der Waals surface area contributed by atoms with Crippen LogP contribution in [-0.2, 0) is 0 Å². The van der Waals surface area contributed by atoms with Gasteiger partial charge in [0, 0.05) is 24.4 Å². The summed E-state index contributed by atoms with van der Waals surface area (Å²) in [6.07, 6.45) is 2.74. The normalized spacial score (nSPS) is 9.75. The fraction of sp³-hybridized carbons (Fsp3) is 0.300. The molecular weight excluding hydrogens is 226 g/mol. The minimum Gasteiger partial charge on any atom is -0.393 e. The fourth-order valence-corrected chi connectivity index (χ4v) is 1.30. The first-order valence-corrected chi connectivity index (χ1v) is 5.25. The molecule has 16 heavy (non-hydrogen) atoms. The van der Waals surface area contributed by atoms with Gasteiger partial charge in [-0.2, -0.15) is 0 Å². The molecule has 5 nitrogen and oxygen atoms in total. The summed E-state index contributed by atoms with van der Waals surface area (Å²) >= 11 is 4.70. The quantitative estimate of drug-likeness (QED) is 0.505. The Bertz CT molecular complexity index is 442. The molecule has 0 spiro atoms. The zero-order chi connectivity index (χ0) is 12.0. The molecule has 1 amide bonds. The molecule has 6 heteroatoms. The van der Waals surface area contributed by atoms with Crippen molar-refractivity contribution in [3.8, 4) is 0 Å². The van der Waals surface area contributed by atoms with Gasteiger partial charge in [0.25, 0.3) is 5.91 Å². The van der Waals surface area contributed by atoms with Crippen molar-refractivity contribution >= 4 is 23.1 Å². The lowest BCUT2D eigenvalue weighted by molar-refractivity contribution is 0.0953. The van der Waals surface area contributed by atoms with Crippen LogP contribution in [0.25, 0.3) is 0 Å². The largest absolute Gasteiger partial charge is 0.393 e. The number of aromatic amines is 1. The molecule has 0 aromatic carbocycles. The van der Waals surface area contributed by atoms with Gasteiger partial charge in [-0.3, -0.25) is 9.59 Å². The number of pyridine rings is 1. The minimum absolute atomic E-state index is 0.269. The number of amides is 1. The second-order valence-corrected chi connectivity index (χ2v) is 3.79. The summed E-state index contributed by atoms with van der Waals surface area (Å²) < 4.78 is 0. The zero-order valence-electron chi connectivity index (χ0n) is 8.66. The van der Waals surface area contributed by atoms with E-state index in [4.69, 9.17) is 18.0 Å². The highest BCUT2D eigenvalue weighted by atomic mass is 32.1. The van der Waals surface area contributed by atoms with Gasteiger partial charge in [0.15, 0.2) is 0 Å². The predicted octanol–water partition coefficient (Wildman–Crippen LogP) is 0.171. The van der Waals surface area contributed by atoms with E-state index in [-0.39, 0.29) is 11.5 Å². The summed E-state index contributed by atoms with van der Waals surface area (Å²) in [5.74, 6) is -0.269. The molecular formula is C10H13N3O2S. The molecule has 1 heterocycles. The summed E-state index contributed by atoms with van der Waals surface area (Å²) in [7, 11) is 0. The second-order valence-electron chi connectivity index (χ2n) is 3.27. The fourth-order valence-electron chi connectivity index (χ4n) is 1.15. The first-order valence-electron chi connectivity index (χ1n) is 4.85. The Morgan fingerprint density at radius 3 is 2.94 bits per heavy atom. The van der Waals surface area contributed by atoms with Gasteiger partial charge in [0.05, 0.1) is 4.99 Å². The molecule has 0 saturated heterocycles. The van der Waals surface area contributed by atoms with Gasteiger partial charge < -0.3 is 16.0 Å². The average molecular weight is 239 g/mol. The number of aromatic nitrogens is 1. The van der Waals surface area contributed by atoms with Crippen LogP contribution < -0.4 is 16.6 Å². The predicted molar refractivity (Wildman–Crippen MR) is 65.4 cm³/mol. The van der Waals surface area contributed by atoms with Crippen LogP contribution in [0.15, 0.2) is 23.1 Å². The van der Waals surface area contributed by atoms with Crippen LogP contribution in [0.1, 0.15) is 23.2 Å². The monoisotopic (exact) mass is 239 g/mol. The Morgan fingerprint density at radius 2 is 2.31 bits per heavy atom. The number of carbonyl (C=O) groups excluding carboxylic acids is 1. The number of hydrogen-bond acceptors (Lipinski definition) is 3. The van der Waals surface area contributed by atoms with E-state index in [2.05, 4.69) is 10.3 Å². The van der Waals surface area contributed by atoms with Crippen molar-refractivity contribution in [3.63, 3.8) is 0 Å². The minimum atomic E-state index is -0.296. The molecule has 0 fully saturated rings. The van der Waals surface area contributed by atoms with E-state index in [0.717, 1.165) is 0 Å². The Morgan fingerprint density at radius 1 is 1.56 bits per heavy atom.